The van der Waals surface area contributed by atoms with E-state index in [1.165, 1.54) is 25.7 Å². The molecule has 2 rings (SSSR count). The summed E-state index contributed by atoms with van der Waals surface area (Å²) < 4.78 is 5.88. The first kappa shape index (κ1) is 17.5. The van der Waals surface area contributed by atoms with Crippen molar-refractivity contribution in [3.8, 4) is 0 Å². The van der Waals surface area contributed by atoms with Crippen molar-refractivity contribution in [3.63, 3.8) is 0 Å². The number of aliphatic imine (C=N–C) groups is 1. The summed E-state index contributed by atoms with van der Waals surface area (Å²) in [5.41, 5.74) is 0. The molecular weight excluding hydrogens is 276 g/mol. The molecule has 22 heavy (non-hydrogen) atoms. The molecule has 0 amide bonds. The fourth-order valence-corrected chi connectivity index (χ4v) is 3.35. The molecule has 1 heterocycles. The van der Waals surface area contributed by atoms with E-state index < -0.39 is 0 Å². The van der Waals surface area contributed by atoms with Gasteiger partial charge in [0.25, 0.3) is 0 Å². The Bertz CT molecular complexity index is 340. The minimum absolute atomic E-state index is 0.228. The van der Waals surface area contributed by atoms with Crippen molar-refractivity contribution in [2.45, 2.75) is 58.6 Å². The van der Waals surface area contributed by atoms with Gasteiger partial charge < -0.3 is 15.4 Å². The van der Waals surface area contributed by atoms with Gasteiger partial charge in [-0.1, -0.05) is 26.7 Å². The maximum atomic E-state index is 5.88. The van der Waals surface area contributed by atoms with Gasteiger partial charge in [0.2, 0.25) is 0 Å². The van der Waals surface area contributed by atoms with Crippen molar-refractivity contribution in [1.82, 2.24) is 15.5 Å². The lowest BCUT2D eigenvalue weighted by molar-refractivity contribution is -0.0262. The highest BCUT2D eigenvalue weighted by molar-refractivity contribution is 5.80. The molecule has 2 aliphatic rings. The van der Waals surface area contributed by atoms with Crippen LogP contribution >= 0.6 is 0 Å². The van der Waals surface area contributed by atoms with E-state index in [1.54, 1.807) is 0 Å². The van der Waals surface area contributed by atoms with Gasteiger partial charge in [-0.15, -0.1) is 0 Å². The summed E-state index contributed by atoms with van der Waals surface area (Å²) in [6.07, 6.45) is 5.45. The largest absolute Gasteiger partial charge is 0.374 e. The van der Waals surface area contributed by atoms with Gasteiger partial charge in [-0.2, -0.15) is 0 Å². The Labute approximate surface area is 135 Å². The van der Waals surface area contributed by atoms with Crippen LogP contribution in [0.5, 0.6) is 0 Å². The number of hydrogen-bond acceptors (Lipinski definition) is 3. The normalized spacial score (nSPS) is 24.9. The lowest BCUT2D eigenvalue weighted by Crippen LogP contribution is -2.46. The second-order valence-electron chi connectivity index (χ2n) is 6.99. The molecule has 0 spiro atoms. The Morgan fingerprint density at radius 3 is 2.77 bits per heavy atom. The van der Waals surface area contributed by atoms with Gasteiger partial charge in [-0.3, -0.25) is 9.89 Å². The van der Waals surface area contributed by atoms with E-state index in [0.717, 1.165) is 45.3 Å². The maximum Gasteiger partial charge on any atom is 0.191 e. The van der Waals surface area contributed by atoms with Crippen LogP contribution in [0, 0.1) is 5.92 Å². The standard InChI is InChI=1S/C17H34N4O/c1-4-18-17(20-15-7-5-6-8-15)19-11-16-13-21(9-10-22-16)12-14(2)3/h14-16H,4-13H2,1-3H3,(H2,18,19,20). The summed E-state index contributed by atoms with van der Waals surface area (Å²) in [7, 11) is 0. The van der Waals surface area contributed by atoms with Gasteiger partial charge in [0.1, 0.15) is 0 Å². The first-order valence-corrected chi connectivity index (χ1v) is 9.06. The smallest absolute Gasteiger partial charge is 0.191 e. The molecule has 1 saturated heterocycles. The van der Waals surface area contributed by atoms with Crippen LogP contribution < -0.4 is 10.6 Å². The molecule has 0 aromatic carbocycles. The third kappa shape index (κ3) is 6.13. The van der Waals surface area contributed by atoms with Gasteiger partial charge in [0, 0.05) is 32.2 Å². The van der Waals surface area contributed by atoms with Gasteiger partial charge in [0.15, 0.2) is 5.96 Å². The number of ether oxygens (including phenoxy) is 1. The quantitative estimate of drug-likeness (QED) is 0.580. The summed E-state index contributed by atoms with van der Waals surface area (Å²) >= 11 is 0. The molecule has 0 radical (unpaired) electrons. The number of rotatable bonds is 6. The molecule has 1 saturated carbocycles. The second kappa shape index (κ2) is 9.36. The minimum atomic E-state index is 0.228. The van der Waals surface area contributed by atoms with Gasteiger partial charge in [0.05, 0.1) is 19.3 Å². The van der Waals surface area contributed by atoms with Gasteiger partial charge in [-0.25, -0.2) is 0 Å². The third-order valence-electron chi connectivity index (χ3n) is 4.34. The molecular formula is C17H34N4O. The van der Waals surface area contributed by atoms with Crippen LogP contribution in [-0.4, -0.2) is 62.3 Å². The molecule has 1 aliphatic carbocycles. The molecule has 2 fully saturated rings. The Balaban J connectivity index is 1.80. The highest BCUT2D eigenvalue weighted by Gasteiger charge is 2.21. The van der Waals surface area contributed by atoms with Crippen molar-refractivity contribution < 1.29 is 4.74 Å². The van der Waals surface area contributed by atoms with E-state index in [1.807, 2.05) is 0 Å². The molecule has 5 nitrogen and oxygen atoms in total. The van der Waals surface area contributed by atoms with Gasteiger partial charge in [-0.05, 0) is 25.7 Å². The fourth-order valence-electron chi connectivity index (χ4n) is 3.35. The van der Waals surface area contributed by atoms with E-state index >= 15 is 0 Å². The molecule has 1 atom stereocenters. The maximum absolute atomic E-state index is 5.88. The molecule has 5 heteroatoms. The number of morpholine rings is 1. The lowest BCUT2D eigenvalue weighted by atomic mass is 10.2. The molecule has 0 aromatic heterocycles. The molecule has 2 N–H and O–H groups in total. The number of nitrogens with one attached hydrogen (secondary N) is 2. The van der Waals surface area contributed by atoms with Crippen molar-refractivity contribution >= 4 is 5.96 Å². The summed E-state index contributed by atoms with van der Waals surface area (Å²) in [5.74, 6) is 1.67. The first-order chi connectivity index (χ1) is 10.7. The Morgan fingerprint density at radius 2 is 2.09 bits per heavy atom. The van der Waals surface area contributed by atoms with E-state index in [0.29, 0.717) is 12.0 Å². The van der Waals surface area contributed by atoms with E-state index in [2.05, 4.69) is 36.3 Å². The van der Waals surface area contributed by atoms with Crippen LogP contribution in [-0.2, 0) is 4.74 Å². The van der Waals surface area contributed by atoms with Crippen LogP contribution in [0.1, 0.15) is 46.5 Å². The van der Waals surface area contributed by atoms with Crippen LogP contribution in [0.15, 0.2) is 4.99 Å². The minimum Gasteiger partial charge on any atom is -0.374 e. The van der Waals surface area contributed by atoms with Crippen LogP contribution in [0.3, 0.4) is 0 Å². The van der Waals surface area contributed by atoms with E-state index in [9.17, 15) is 0 Å². The third-order valence-corrected chi connectivity index (χ3v) is 4.34. The zero-order valence-corrected chi connectivity index (χ0v) is 14.6. The SMILES string of the molecule is CCNC(=NCC1CN(CC(C)C)CCO1)NC1CCCC1. The highest BCUT2D eigenvalue weighted by Crippen LogP contribution is 2.17. The monoisotopic (exact) mass is 310 g/mol. The van der Waals surface area contributed by atoms with Crippen LogP contribution in [0.25, 0.3) is 0 Å². The predicted molar refractivity (Wildman–Crippen MR) is 92.4 cm³/mol. The average Bonchev–Trinajstić information content (AvgIpc) is 2.98. The van der Waals surface area contributed by atoms with Crippen molar-refractivity contribution in [1.29, 1.82) is 0 Å². The van der Waals surface area contributed by atoms with Crippen molar-refractivity contribution in [3.05, 3.63) is 0 Å². The lowest BCUT2D eigenvalue weighted by Gasteiger charge is -2.33. The topological polar surface area (TPSA) is 48.9 Å². The zero-order valence-electron chi connectivity index (χ0n) is 14.6. The summed E-state index contributed by atoms with van der Waals surface area (Å²) in [6, 6.07) is 0.600. The van der Waals surface area contributed by atoms with Crippen LogP contribution in [0.2, 0.25) is 0 Å². The summed E-state index contributed by atoms with van der Waals surface area (Å²) in [4.78, 5) is 7.26. The van der Waals surface area contributed by atoms with E-state index in [4.69, 9.17) is 9.73 Å². The second-order valence-corrected chi connectivity index (χ2v) is 6.99. The number of hydrogen-bond donors (Lipinski definition) is 2. The number of nitrogens with zero attached hydrogens (tertiary/aromatic N) is 2. The van der Waals surface area contributed by atoms with Crippen molar-refractivity contribution in [2.75, 3.05) is 39.3 Å². The molecule has 128 valence electrons. The summed E-state index contributed by atoms with van der Waals surface area (Å²) in [6.45, 7) is 12.4. The average molecular weight is 310 g/mol. The van der Waals surface area contributed by atoms with Gasteiger partial charge >= 0.3 is 0 Å². The molecule has 0 bridgehead atoms. The van der Waals surface area contributed by atoms with Crippen LogP contribution in [0.4, 0.5) is 0 Å². The zero-order chi connectivity index (χ0) is 15.8. The van der Waals surface area contributed by atoms with Crippen molar-refractivity contribution in [2.24, 2.45) is 10.9 Å². The Kier molecular flexibility index (Phi) is 7.46. The molecule has 0 aromatic rings. The first-order valence-electron chi connectivity index (χ1n) is 9.06. The van der Waals surface area contributed by atoms with E-state index in [-0.39, 0.29) is 6.10 Å². The molecule has 1 aliphatic heterocycles. The fraction of sp³-hybridized carbons (Fsp3) is 0.941. The molecule has 1 unspecified atom stereocenters. The predicted octanol–water partition coefficient (Wildman–Crippen LogP) is 1.84. The number of guanidine groups is 1. The summed E-state index contributed by atoms with van der Waals surface area (Å²) in [5, 5.41) is 6.93. The Morgan fingerprint density at radius 1 is 1.32 bits per heavy atom. The Hall–Kier alpha value is -0.810. The highest BCUT2D eigenvalue weighted by atomic mass is 16.5.